The lowest BCUT2D eigenvalue weighted by Gasteiger charge is -2.61. The Balaban J connectivity index is 0.00000168. The third kappa shape index (κ3) is 1.81. The molecule has 5 rings (SSSR count). The van der Waals surface area contributed by atoms with Crippen LogP contribution < -0.4 is 14.8 Å². The topological polar surface area (TPSA) is 73.9 Å². The lowest BCUT2D eigenvalue weighted by atomic mass is 9.49. The molecule has 140 valence electrons. The van der Waals surface area contributed by atoms with E-state index in [1.165, 1.54) is 6.92 Å². The van der Waals surface area contributed by atoms with Crippen molar-refractivity contribution in [3.63, 3.8) is 0 Å². The summed E-state index contributed by atoms with van der Waals surface area (Å²) in [5.41, 5.74) is 0.846. The SMILES string of the molecule is COc1ccc2c3c1O[C@H]1C(=O)CC[C@@]4(OC(C)=O)[C@@H](C2)NCC[C@]314.Cl. The van der Waals surface area contributed by atoms with Gasteiger partial charge in [0.05, 0.1) is 18.6 Å². The van der Waals surface area contributed by atoms with E-state index in [-0.39, 0.29) is 30.2 Å². The highest BCUT2D eigenvalue weighted by molar-refractivity contribution is 5.90. The highest BCUT2D eigenvalue weighted by Gasteiger charge is 2.74. The number of ketones is 1. The Labute approximate surface area is 158 Å². The fourth-order valence-electron chi connectivity index (χ4n) is 5.82. The van der Waals surface area contributed by atoms with Gasteiger partial charge in [-0.25, -0.2) is 0 Å². The molecule has 2 bridgehead atoms. The molecule has 1 aromatic rings. The second-order valence-electron chi connectivity index (χ2n) is 7.51. The first-order valence-electron chi connectivity index (χ1n) is 8.86. The smallest absolute Gasteiger partial charge is 0.303 e. The second-order valence-corrected chi connectivity index (χ2v) is 7.51. The molecule has 1 spiro atoms. The number of carbonyl (C=O) groups excluding carboxylic acids is 2. The van der Waals surface area contributed by atoms with Crippen LogP contribution in [0.5, 0.6) is 11.5 Å². The predicted molar refractivity (Wildman–Crippen MR) is 95.2 cm³/mol. The number of nitrogens with one attached hydrogen (secondary N) is 1. The van der Waals surface area contributed by atoms with Crippen molar-refractivity contribution < 1.29 is 23.8 Å². The molecule has 0 aromatic heterocycles. The molecule has 1 saturated carbocycles. The van der Waals surface area contributed by atoms with Crippen molar-refractivity contribution in [2.45, 2.75) is 55.8 Å². The normalized spacial score (nSPS) is 35.7. The molecule has 1 N–H and O–H groups in total. The fraction of sp³-hybridized carbons (Fsp3) is 0.579. The van der Waals surface area contributed by atoms with Crippen LogP contribution in [0.25, 0.3) is 0 Å². The third-order valence-electron chi connectivity index (χ3n) is 6.57. The summed E-state index contributed by atoms with van der Waals surface area (Å²) in [5, 5.41) is 3.54. The van der Waals surface area contributed by atoms with Crippen LogP contribution in [0.2, 0.25) is 0 Å². The third-order valence-corrected chi connectivity index (χ3v) is 6.57. The van der Waals surface area contributed by atoms with Crippen LogP contribution in [0.3, 0.4) is 0 Å². The number of halogens is 1. The first-order chi connectivity index (χ1) is 12.0. The van der Waals surface area contributed by atoms with Crippen molar-refractivity contribution >= 4 is 24.2 Å². The van der Waals surface area contributed by atoms with Crippen molar-refractivity contribution in [1.82, 2.24) is 5.32 Å². The zero-order chi connectivity index (χ0) is 17.4. The molecule has 2 aliphatic carbocycles. The number of carbonyl (C=O) groups is 2. The Morgan fingerprint density at radius 3 is 2.88 bits per heavy atom. The first-order valence-corrected chi connectivity index (χ1v) is 8.86. The van der Waals surface area contributed by atoms with E-state index in [1.54, 1.807) is 7.11 Å². The van der Waals surface area contributed by atoms with Gasteiger partial charge >= 0.3 is 5.97 Å². The van der Waals surface area contributed by atoms with Gasteiger partial charge in [0.25, 0.3) is 0 Å². The van der Waals surface area contributed by atoms with E-state index in [1.807, 2.05) is 6.07 Å². The van der Waals surface area contributed by atoms with Crippen LogP contribution in [0.15, 0.2) is 12.1 Å². The summed E-state index contributed by atoms with van der Waals surface area (Å²) in [6, 6.07) is 3.96. The quantitative estimate of drug-likeness (QED) is 0.788. The van der Waals surface area contributed by atoms with E-state index in [4.69, 9.17) is 14.2 Å². The number of rotatable bonds is 2. The number of hydrogen-bond acceptors (Lipinski definition) is 6. The summed E-state index contributed by atoms with van der Waals surface area (Å²) in [6.45, 7) is 2.22. The lowest BCUT2D eigenvalue weighted by molar-refractivity contribution is -0.197. The molecule has 0 radical (unpaired) electrons. The van der Waals surface area contributed by atoms with Crippen LogP contribution in [0, 0.1) is 0 Å². The molecule has 4 aliphatic rings. The standard InChI is InChI=1S/C19H21NO5.ClH/c1-10(21)25-19-6-5-12(22)17-18(19)7-8-20-14(19)9-11-3-4-13(23-2)16(24-17)15(11)18;/h3-4,14,17,20H,5-9H2,1-2H3;1H/t14-,17+,18+,19-;/m1./s1. The van der Waals surface area contributed by atoms with E-state index < -0.39 is 17.1 Å². The van der Waals surface area contributed by atoms with Crippen LogP contribution in [-0.2, 0) is 26.2 Å². The molecular weight excluding hydrogens is 358 g/mol. The van der Waals surface area contributed by atoms with Gasteiger partial charge in [-0.05, 0) is 37.4 Å². The van der Waals surface area contributed by atoms with Crippen LogP contribution in [-0.4, -0.2) is 43.2 Å². The summed E-state index contributed by atoms with van der Waals surface area (Å²) in [6.07, 6.45) is 1.77. The van der Waals surface area contributed by atoms with E-state index in [0.29, 0.717) is 30.8 Å². The average Bonchev–Trinajstić information content (AvgIpc) is 2.92. The van der Waals surface area contributed by atoms with Crippen molar-refractivity contribution in [2.24, 2.45) is 0 Å². The zero-order valence-corrected chi connectivity index (χ0v) is 15.6. The number of hydrogen-bond donors (Lipinski definition) is 1. The molecule has 4 atom stereocenters. The summed E-state index contributed by atoms with van der Waals surface area (Å²) < 4.78 is 17.8. The van der Waals surface area contributed by atoms with Crippen LogP contribution in [0.1, 0.15) is 37.3 Å². The number of piperidine rings is 1. The van der Waals surface area contributed by atoms with Crippen LogP contribution in [0.4, 0.5) is 0 Å². The number of benzene rings is 1. The summed E-state index contributed by atoms with van der Waals surface area (Å²) in [4.78, 5) is 24.9. The van der Waals surface area contributed by atoms with Gasteiger partial charge in [0.1, 0.15) is 5.60 Å². The molecule has 0 unspecified atom stereocenters. The minimum atomic E-state index is -0.736. The summed E-state index contributed by atoms with van der Waals surface area (Å²) in [7, 11) is 1.61. The monoisotopic (exact) mass is 379 g/mol. The molecule has 2 heterocycles. The molecule has 2 aliphatic heterocycles. The van der Waals surface area contributed by atoms with Gasteiger partial charge < -0.3 is 19.5 Å². The maximum Gasteiger partial charge on any atom is 0.303 e. The zero-order valence-electron chi connectivity index (χ0n) is 14.8. The Kier molecular flexibility index (Phi) is 3.80. The Morgan fingerprint density at radius 1 is 1.35 bits per heavy atom. The minimum Gasteiger partial charge on any atom is -0.493 e. The highest BCUT2D eigenvalue weighted by Crippen LogP contribution is 2.64. The fourth-order valence-corrected chi connectivity index (χ4v) is 5.82. The lowest BCUT2D eigenvalue weighted by Crippen LogP contribution is -2.77. The predicted octanol–water partition coefficient (Wildman–Crippen LogP) is 1.70. The maximum absolute atomic E-state index is 12.8. The van der Waals surface area contributed by atoms with Gasteiger partial charge in [0, 0.05) is 18.9 Å². The van der Waals surface area contributed by atoms with Crippen molar-refractivity contribution in [3.05, 3.63) is 23.3 Å². The van der Waals surface area contributed by atoms with Crippen molar-refractivity contribution in [1.29, 1.82) is 0 Å². The van der Waals surface area contributed by atoms with Crippen molar-refractivity contribution in [2.75, 3.05) is 13.7 Å². The minimum absolute atomic E-state index is 0. The Bertz CT molecular complexity index is 811. The average molecular weight is 380 g/mol. The summed E-state index contributed by atoms with van der Waals surface area (Å²) in [5.74, 6) is 1.09. The number of ether oxygens (including phenoxy) is 3. The van der Waals surface area contributed by atoms with Gasteiger partial charge in [-0.3, -0.25) is 9.59 Å². The van der Waals surface area contributed by atoms with Gasteiger partial charge in [-0.1, -0.05) is 6.07 Å². The number of Topliss-reactive ketones (excluding diaryl/α,β-unsaturated/α-hetero) is 1. The molecule has 6 nitrogen and oxygen atoms in total. The Morgan fingerprint density at radius 2 is 2.15 bits per heavy atom. The van der Waals surface area contributed by atoms with E-state index >= 15 is 0 Å². The molecule has 26 heavy (non-hydrogen) atoms. The van der Waals surface area contributed by atoms with Gasteiger partial charge in [-0.2, -0.15) is 0 Å². The first kappa shape index (κ1) is 17.6. The molecular formula is C19H22ClNO5. The molecule has 0 amide bonds. The van der Waals surface area contributed by atoms with E-state index in [0.717, 1.165) is 24.1 Å². The van der Waals surface area contributed by atoms with Crippen LogP contribution >= 0.6 is 12.4 Å². The molecule has 1 aromatic carbocycles. The maximum atomic E-state index is 12.8. The van der Waals surface area contributed by atoms with E-state index in [2.05, 4.69) is 11.4 Å². The molecule has 1 saturated heterocycles. The van der Waals surface area contributed by atoms with Gasteiger partial charge in [0.2, 0.25) is 0 Å². The largest absolute Gasteiger partial charge is 0.493 e. The van der Waals surface area contributed by atoms with Gasteiger partial charge in [-0.15, -0.1) is 12.4 Å². The number of methoxy groups -OCH3 is 1. The number of esters is 1. The highest BCUT2D eigenvalue weighted by atomic mass is 35.5. The van der Waals surface area contributed by atoms with E-state index in [9.17, 15) is 9.59 Å². The van der Waals surface area contributed by atoms with Crippen molar-refractivity contribution in [3.8, 4) is 11.5 Å². The second kappa shape index (κ2) is 5.60. The van der Waals surface area contributed by atoms with Gasteiger partial charge in [0.15, 0.2) is 23.4 Å². The summed E-state index contributed by atoms with van der Waals surface area (Å²) >= 11 is 0. The molecule has 7 heteroatoms. The Hall–Kier alpha value is -1.79. The molecule has 2 fully saturated rings.